The Morgan fingerprint density at radius 2 is 1.78 bits per heavy atom. The lowest BCUT2D eigenvalue weighted by Crippen LogP contribution is -2.10. The Morgan fingerprint density at radius 1 is 1.11 bits per heavy atom. The summed E-state index contributed by atoms with van der Waals surface area (Å²) >= 11 is 8.87. The minimum atomic E-state index is 0.106. The fourth-order valence-corrected chi connectivity index (χ4v) is 3.10. The van der Waals surface area contributed by atoms with Crippen molar-refractivity contribution in [2.75, 3.05) is 0 Å². The number of nitrogens with zero attached hydrogens (tertiary/aromatic N) is 3. The van der Waals surface area contributed by atoms with Crippen molar-refractivity contribution in [3.8, 4) is 11.4 Å². The van der Waals surface area contributed by atoms with Gasteiger partial charge in [0.25, 0.3) is 0 Å². The maximum Gasteiger partial charge on any atom is 0.216 e. The largest absolute Gasteiger partial charge is 0.250 e. The molecule has 1 aromatic heterocycles. The van der Waals surface area contributed by atoms with E-state index in [-0.39, 0.29) is 5.41 Å². The number of halogens is 1. The molecule has 0 unspecified atom stereocenters. The summed E-state index contributed by atoms with van der Waals surface area (Å²) < 4.78 is 2.91. The van der Waals surface area contributed by atoms with Crippen LogP contribution >= 0.6 is 28.1 Å². The van der Waals surface area contributed by atoms with E-state index in [1.807, 2.05) is 48.5 Å². The molecule has 0 atom stereocenters. The molecule has 27 heavy (non-hydrogen) atoms. The molecule has 138 valence electrons. The number of benzene rings is 2. The summed E-state index contributed by atoms with van der Waals surface area (Å²) in [5.74, 6) is 0.678. The summed E-state index contributed by atoms with van der Waals surface area (Å²) in [7, 11) is 0. The van der Waals surface area contributed by atoms with Crippen molar-refractivity contribution in [1.82, 2.24) is 14.9 Å². The number of hydrogen-bond acceptors (Lipinski definition) is 3. The maximum absolute atomic E-state index is 5.34. The first-order valence-corrected chi connectivity index (χ1v) is 9.80. The summed E-state index contributed by atoms with van der Waals surface area (Å²) in [6, 6.07) is 18.4. The van der Waals surface area contributed by atoms with Crippen LogP contribution in [0.25, 0.3) is 17.5 Å². The molecular weight excluding hydrogens is 420 g/mol. The molecule has 1 N–H and O–H groups in total. The summed E-state index contributed by atoms with van der Waals surface area (Å²) in [5, 5.41) is 11.6. The lowest BCUT2D eigenvalue weighted by molar-refractivity contribution is 0.590. The third-order valence-corrected chi connectivity index (χ3v) is 4.76. The van der Waals surface area contributed by atoms with Crippen LogP contribution < -0.4 is 0 Å². The Balaban J connectivity index is 1.89. The Kier molecular flexibility index (Phi) is 5.87. The van der Waals surface area contributed by atoms with Gasteiger partial charge in [0.05, 0.1) is 6.21 Å². The fraction of sp³-hybridized carbons (Fsp3) is 0.190. The van der Waals surface area contributed by atoms with Crippen LogP contribution in [0.5, 0.6) is 0 Å². The second kappa shape index (κ2) is 8.15. The highest BCUT2D eigenvalue weighted by molar-refractivity contribution is 9.12. The van der Waals surface area contributed by atoms with E-state index in [9.17, 15) is 0 Å². The molecule has 2 aromatic carbocycles. The van der Waals surface area contributed by atoms with E-state index in [0.717, 1.165) is 15.6 Å². The van der Waals surface area contributed by atoms with Crippen LogP contribution in [-0.4, -0.2) is 21.1 Å². The van der Waals surface area contributed by atoms with Crippen molar-refractivity contribution in [2.24, 2.45) is 5.10 Å². The van der Waals surface area contributed by atoms with Crippen LogP contribution in [0, 0.1) is 4.77 Å². The highest BCUT2D eigenvalue weighted by Gasteiger charge is 2.14. The second-order valence-corrected chi connectivity index (χ2v) is 8.48. The SMILES string of the molecule is CC(C)(C)c1ccc(-c2n[nH]c(=S)n2/N=C/C(Br)=C\c2ccccc2)cc1. The zero-order valence-corrected chi connectivity index (χ0v) is 17.9. The Bertz CT molecular complexity index is 1020. The molecule has 1 heterocycles. The molecule has 0 fully saturated rings. The van der Waals surface area contributed by atoms with Gasteiger partial charge in [-0.05, 0) is 50.8 Å². The van der Waals surface area contributed by atoms with Crippen LogP contribution in [0.1, 0.15) is 31.9 Å². The molecule has 0 radical (unpaired) electrons. The summed E-state index contributed by atoms with van der Waals surface area (Å²) in [4.78, 5) is 0. The lowest BCUT2D eigenvalue weighted by atomic mass is 9.87. The van der Waals surface area contributed by atoms with E-state index in [4.69, 9.17) is 12.2 Å². The standard InChI is InChI=1S/C21H21BrN4S/c1-21(2,3)17-11-9-16(10-12-17)19-24-25-20(27)26(19)23-14-18(22)13-15-7-5-4-6-8-15/h4-14H,1-3H3,(H,25,27)/b18-13+,23-14+. The van der Waals surface area contributed by atoms with Crippen LogP contribution in [0.2, 0.25) is 0 Å². The molecular formula is C21H21BrN4S. The highest BCUT2D eigenvalue weighted by Crippen LogP contribution is 2.25. The van der Waals surface area contributed by atoms with Crippen molar-refractivity contribution >= 4 is 40.4 Å². The quantitative estimate of drug-likeness (QED) is 0.389. The zero-order chi connectivity index (χ0) is 19.4. The van der Waals surface area contributed by atoms with Gasteiger partial charge in [-0.2, -0.15) is 14.9 Å². The van der Waals surface area contributed by atoms with Crippen molar-refractivity contribution in [3.63, 3.8) is 0 Å². The van der Waals surface area contributed by atoms with Crippen LogP contribution in [0.4, 0.5) is 0 Å². The molecule has 6 heteroatoms. The minimum Gasteiger partial charge on any atom is -0.250 e. The average molecular weight is 441 g/mol. The van der Waals surface area contributed by atoms with Gasteiger partial charge in [0.15, 0.2) is 5.82 Å². The van der Waals surface area contributed by atoms with Crippen molar-refractivity contribution in [2.45, 2.75) is 26.2 Å². The number of nitrogens with one attached hydrogen (secondary N) is 1. The lowest BCUT2D eigenvalue weighted by Gasteiger charge is -2.18. The molecule has 0 spiro atoms. The molecule has 4 nitrogen and oxygen atoms in total. The first kappa shape index (κ1) is 19.5. The van der Waals surface area contributed by atoms with Gasteiger partial charge in [-0.3, -0.25) is 0 Å². The van der Waals surface area contributed by atoms with E-state index < -0.39 is 0 Å². The molecule has 0 aliphatic heterocycles. The number of aromatic amines is 1. The molecule has 3 rings (SSSR count). The number of allylic oxidation sites excluding steroid dienone is 1. The average Bonchev–Trinajstić information content (AvgIpc) is 3.01. The van der Waals surface area contributed by atoms with Gasteiger partial charge in [0.1, 0.15) is 0 Å². The smallest absolute Gasteiger partial charge is 0.216 e. The maximum atomic E-state index is 5.34. The van der Waals surface area contributed by atoms with E-state index in [1.165, 1.54) is 5.56 Å². The normalized spacial score (nSPS) is 12.7. The van der Waals surface area contributed by atoms with Crippen LogP contribution in [0.3, 0.4) is 0 Å². The molecule has 0 bridgehead atoms. The number of rotatable bonds is 4. The number of hydrogen-bond donors (Lipinski definition) is 1. The van der Waals surface area contributed by atoms with Gasteiger partial charge in [-0.25, -0.2) is 5.10 Å². The minimum absolute atomic E-state index is 0.106. The van der Waals surface area contributed by atoms with E-state index >= 15 is 0 Å². The molecule has 0 aliphatic carbocycles. The molecule has 0 amide bonds. The van der Waals surface area contributed by atoms with Crippen molar-refractivity contribution in [1.29, 1.82) is 0 Å². The Hall–Kier alpha value is -2.31. The third-order valence-electron chi connectivity index (χ3n) is 4.06. The summed E-state index contributed by atoms with van der Waals surface area (Å²) in [6.45, 7) is 6.58. The topological polar surface area (TPSA) is 46.0 Å². The van der Waals surface area contributed by atoms with Gasteiger partial charge in [-0.15, -0.1) is 0 Å². The van der Waals surface area contributed by atoms with Crippen LogP contribution in [0.15, 0.2) is 64.2 Å². The molecule has 0 saturated carbocycles. The van der Waals surface area contributed by atoms with Gasteiger partial charge >= 0.3 is 0 Å². The van der Waals surface area contributed by atoms with E-state index in [1.54, 1.807) is 10.9 Å². The highest BCUT2D eigenvalue weighted by atomic mass is 79.9. The number of H-pyrrole nitrogens is 1. The number of aromatic nitrogens is 3. The summed E-state index contributed by atoms with van der Waals surface area (Å²) in [5.41, 5.74) is 3.42. The Labute approximate surface area is 172 Å². The van der Waals surface area contributed by atoms with Gasteiger partial charge in [0.2, 0.25) is 4.77 Å². The van der Waals surface area contributed by atoms with Crippen molar-refractivity contribution in [3.05, 3.63) is 75.0 Å². The van der Waals surface area contributed by atoms with Crippen molar-refractivity contribution < 1.29 is 0 Å². The second-order valence-electron chi connectivity index (χ2n) is 7.18. The fourth-order valence-electron chi connectivity index (χ4n) is 2.56. The van der Waals surface area contributed by atoms with Crippen LogP contribution in [-0.2, 0) is 5.41 Å². The monoisotopic (exact) mass is 440 g/mol. The summed E-state index contributed by atoms with van der Waals surface area (Å²) in [6.07, 6.45) is 3.70. The van der Waals surface area contributed by atoms with Gasteiger partial charge in [0, 0.05) is 10.0 Å². The predicted octanol–water partition coefficient (Wildman–Crippen LogP) is 6.18. The third kappa shape index (κ3) is 4.90. The van der Waals surface area contributed by atoms with Gasteiger partial charge < -0.3 is 0 Å². The van der Waals surface area contributed by atoms with E-state index in [2.05, 4.69) is 64.1 Å². The first-order valence-electron chi connectivity index (χ1n) is 8.59. The first-order chi connectivity index (χ1) is 12.8. The van der Waals surface area contributed by atoms with Gasteiger partial charge in [-0.1, -0.05) is 75.4 Å². The Morgan fingerprint density at radius 3 is 2.41 bits per heavy atom. The zero-order valence-electron chi connectivity index (χ0n) is 15.5. The molecule has 0 saturated heterocycles. The molecule has 3 aromatic rings. The predicted molar refractivity (Wildman–Crippen MR) is 119 cm³/mol. The molecule has 0 aliphatic rings. The van der Waals surface area contributed by atoms with E-state index in [0.29, 0.717) is 10.6 Å².